The van der Waals surface area contributed by atoms with E-state index in [4.69, 9.17) is 10.5 Å². The van der Waals surface area contributed by atoms with Crippen LogP contribution < -0.4 is 5.73 Å². The molecule has 0 unspecified atom stereocenters. The van der Waals surface area contributed by atoms with Gasteiger partial charge in [-0.2, -0.15) is 0 Å². The summed E-state index contributed by atoms with van der Waals surface area (Å²) in [5, 5.41) is 0. The number of hydrogen-bond donors (Lipinski definition) is 1. The highest BCUT2D eigenvalue weighted by Gasteiger charge is 2.19. The van der Waals surface area contributed by atoms with Crippen LogP contribution in [0.15, 0.2) is 0 Å². The summed E-state index contributed by atoms with van der Waals surface area (Å²) in [6.07, 6.45) is 0.0600. The first-order valence-electron chi connectivity index (χ1n) is 5.23. The van der Waals surface area contributed by atoms with E-state index in [0.717, 1.165) is 0 Å². The smallest absolute Gasteiger partial charge is 0.216 e. The monoisotopic (exact) mass is 238 g/mol. The zero-order valence-electron chi connectivity index (χ0n) is 9.77. The standard InChI is InChI=1S/C9H22N2O3S/c1-4-11(6-5-10)15(12,13)8-7-14-9(2)3/h9H,4-8,10H2,1-3H3. The van der Waals surface area contributed by atoms with E-state index in [2.05, 4.69) is 0 Å². The number of sulfonamides is 1. The normalized spacial score (nSPS) is 12.7. The molecule has 0 heterocycles. The van der Waals surface area contributed by atoms with Gasteiger partial charge in [-0.25, -0.2) is 12.7 Å². The lowest BCUT2D eigenvalue weighted by molar-refractivity contribution is 0.0907. The van der Waals surface area contributed by atoms with Crippen LogP contribution in [0.1, 0.15) is 20.8 Å². The molecule has 15 heavy (non-hydrogen) atoms. The Morgan fingerprint density at radius 2 is 2.00 bits per heavy atom. The van der Waals surface area contributed by atoms with E-state index in [-0.39, 0.29) is 18.5 Å². The zero-order chi connectivity index (χ0) is 11.9. The second-order valence-electron chi connectivity index (χ2n) is 3.52. The average Bonchev–Trinajstić information content (AvgIpc) is 2.12. The predicted molar refractivity (Wildman–Crippen MR) is 61.2 cm³/mol. The summed E-state index contributed by atoms with van der Waals surface area (Å²) < 4.78 is 30.0. The molecule has 0 aromatic heterocycles. The van der Waals surface area contributed by atoms with Crippen molar-refractivity contribution in [3.63, 3.8) is 0 Å². The van der Waals surface area contributed by atoms with Gasteiger partial charge in [0.15, 0.2) is 0 Å². The van der Waals surface area contributed by atoms with Crippen molar-refractivity contribution in [3.05, 3.63) is 0 Å². The molecule has 0 aliphatic rings. The van der Waals surface area contributed by atoms with Crippen molar-refractivity contribution in [1.82, 2.24) is 4.31 Å². The number of hydrogen-bond acceptors (Lipinski definition) is 4. The molecular formula is C9H22N2O3S. The molecule has 0 saturated carbocycles. The van der Waals surface area contributed by atoms with Crippen LogP contribution in [0.3, 0.4) is 0 Å². The van der Waals surface area contributed by atoms with Crippen LogP contribution in [-0.4, -0.2) is 50.8 Å². The fraction of sp³-hybridized carbons (Fsp3) is 1.00. The highest BCUT2D eigenvalue weighted by molar-refractivity contribution is 7.89. The molecule has 0 aliphatic heterocycles. The predicted octanol–water partition coefficient (Wildman–Crippen LogP) is 0.0218. The zero-order valence-corrected chi connectivity index (χ0v) is 10.6. The van der Waals surface area contributed by atoms with E-state index in [0.29, 0.717) is 19.6 Å². The Morgan fingerprint density at radius 1 is 1.40 bits per heavy atom. The third-order valence-corrected chi connectivity index (χ3v) is 3.83. The SMILES string of the molecule is CCN(CCN)S(=O)(=O)CCOC(C)C. The average molecular weight is 238 g/mol. The first kappa shape index (κ1) is 14.8. The van der Waals surface area contributed by atoms with E-state index >= 15 is 0 Å². The maximum Gasteiger partial charge on any atom is 0.216 e. The molecule has 0 radical (unpaired) electrons. The van der Waals surface area contributed by atoms with E-state index in [1.807, 2.05) is 13.8 Å². The molecule has 0 saturated heterocycles. The summed E-state index contributed by atoms with van der Waals surface area (Å²) in [5.41, 5.74) is 5.34. The van der Waals surface area contributed by atoms with Crippen LogP contribution in [0.4, 0.5) is 0 Å². The van der Waals surface area contributed by atoms with Crippen molar-refractivity contribution >= 4 is 10.0 Å². The molecule has 0 bridgehead atoms. The summed E-state index contributed by atoms with van der Waals surface area (Å²) in [6, 6.07) is 0. The van der Waals surface area contributed by atoms with Gasteiger partial charge in [-0.1, -0.05) is 6.92 Å². The molecule has 5 nitrogen and oxygen atoms in total. The topological polar surface area (TPSA) is 72.6 Å². The van der Waals surface area contributed by atoms with Gasteiger partial charge >= 0.3 is 0 Å². The summed E-state index contributed by atoms with van der Waals surface area (Å²) in [4.78, 5) is 0. The van der Waals surface area contributed by atoms with E-state index in [9.17, 15) is 8.42 Å². The van der Waals surface area contributed by atoms with Crippen molar-refractivity contribution in [2.45, 2.75) is 26.9 Å². The van der Waals surface area contributed by atoms with E-state index < -0.39 is 10.0 Å². The van der Waals surface area contributed by atoms with Crippen molar-refractivity contribution in [2.75, 3.05) is 32.0 Å². The lowest BCUT2D eigenvalue weighted by atomic mass is 10.5. The van der Waals surface area contributed by atoms with Gasteiger partial charge in [0.2, 0.25) is 10.0 Å². The van der Waals surface area contributed by atoms with Crippen molar-refractivity contribution < 1.29 is 13.2 Å². The van der Waals surface area contributed by atoms with Crippen LogP contribution in [0.25, 0.3) is 0 Å². The second kappa shape index (κ2) is 7.16. The Bertz CT molecular complexity index is 252. The molecular weight excluding hydrogens is 216 g/mol. The molecule has 92 valence electrons. The molecule has 2 N–H and O–H groups in total. The maximum absolute atomic E-state index is 11.7. The first-order chi connectivity index (χ1) is 6.94. The molecule has 0 spiro atoms. The fourth-order valence-electron chi connectivity index (χ4n) is 1.16. The summed E-state index contributed by atoms with van der Waals surface area (Å²) in [5.74, 6) is 0.0268. The molecule has 0 fully saturated rings. The summed E-state index contributed by atoms with van der Waals surface area (Å²) in [6.45, 7) is 6.98. The van der Waals surface area contributed by atoms with Crippen LogP contribution >= 0.6 is 0 Å². The van der Waals surface area contributed by atoms with Crippen LogP contribution in [0.5, 0.6) is 0 Å². The summed E-state index contributed by atoms with van der Waals surface area (Å²) >= 11 is 0. The molecule has 0 aliphatic carbocycles. The molecule has 0 aromatic rings. The molecule has 0 amide bonds. The van der Waals surface area contributed by atoms with Gasteiger partial charge in [-0.05, 0) is 13.8 Å². The Balaban J connectivity index is 4.14. The lowest BCUT2D eigenvalue weighted by Gasteiger charge is -2.19. The molecule has 0 aromatic carbocycles. The molecule has 6 heteroatoms. The highest BCUT2D eigenvalue weighted by atomic mass is 32.2. The third kappa shape index (κ3) is 6.09. The van der Waals surface area contributed by atoms with Gasteiger partial charge in [0.05, 0.1) is 18.5 Å². The minimum absolute atomic E-state index is 0.0268. The van der Waals surface area contributed by atoms with E-state index in [1.165, 1.54) is 4.31 Å². The van der Waals surface area contributed by atoms with Crippen LogP contribution in [0, 0.1) is 0 Å². The minimum atomic E-state index is -3.20. The van der Waals surface area contributed by atoms with Gasteiger partial charge in [0.25, 0.3) is 0 Å². The largest absolute Gasteiger partial charge is 0.378 e. The Morgan fingerprint density at radius 3 is 2.40 bits per heavy atom. The van der Waals surface area contributed by atoms with Crippen LogP contribution in [0.2, 0.25) is 0 Å². The summed E-state index contributed by atoms with van der Waals surface area (Å²) in [7, 11) is -3.20. The van der Waals surface area contributed by atoms with E-state index in [1.54, 1.807) is 6.92 Å². The first-order valence-corrected chi connectivity index (χ1v) is 6.84. The Kier molecular flexibility index (Phi) is 7.08. The highest BCUT2D eigenvalue weighted by Crippen LogP contribution is 2.01. The fourth-order valence-corrected chi connectivity index (χ4v) is 2.50. The van der Waals surface area contributed by atoms with Crippen LogP contribution in [-0.2, 0) is 14.8 Å². The number of rotatable bonds is 8. The Labute approximate surface area is 92.6 Å². The van der Waals surface area contributed by atoms with Gasteiger partial charge in [-0.3, -0.25) is 0 Å². The molecule has 0 atom stereocenters. The van der Waals surface area contributed by atoms with Gasteiger partial charge in [0, 0.05) is 19.6 Å². The number of ether oxygens (including phenoxy) is 1. The number of nitrogens with two attached hydrogens (primary N) is 1. The van der Waals surface area contributed by atoms with Crippen molar-refractivity contribution in [1.29, 1.82) is 0 Å². The number of nitrogens with zero attached hydrogens (tertiary/aromatic N) is 1. The quantitative estimate of drug-likeness (QED) is 0.647. The Hall–Kier alpha value is -0.170. The van der Waals surface area contributed by atoms with Gasteiger partial charge < -0.3 is 10.5 Å². The molecule has 0 rings (SSSR count). The minimum Gasteiger partial charge on any atom is -0.378 e. The van der Waals surface area contributed by atoms with Gasteiger partial charge in [-0.15, -0.1) is 0 Å². The van der Waals surface area contributed by atoms with Gasteiger partial charge in [0.1, 0.15) is 0 Å². The lowest BCUT2D eigenvalue weighted by Crippen LogP contribution is -2.37. The third-order valence-electron chi connectivity index (χ3n) is 1.92. The second-order valence-corrected chi connectivity index (χ2v) is 5.60. The number of likely N-dealkylation sites (N-methyl/N-ethyl adjacent to an activating group) is 1. The van der Waals surface area contributed by atoms with Crippen molar-refractivity contribution in [2.24, 2.45) is 5.73 Å². The maximum atomic E-state index is 11.7. The van der Waals surface area contributed by atoms with Crippen molar-refractivity contribution in [3.8, 4) is 0 Å².